The molecule has 1 aliphatic heterocycles. The maximum absolute atomic E-state index is 13.4. The van der Waals surface area contributed by atoms with Crippen LogP contribution in [0.25, 0.3) is 0 Å². The molecule has 2 heterocycles. The molecule has 0 bridgehead atoms. The Morgan fingerprint density at radius 2 is 1.85 bits per heavy atom. The van der Waals surface area contributed by atoms with Crippen LogP contribution in [0.2, 0.25) is 0 Å². The molecule has 10 heteroatoms. The Morgan fingerprint density at radius 1 is 1.09 bits per heavy atom. The Bertz CT molecular complexity index is 1150. The van der Waals surface area contributed by atoms with Gasteiger partial charge in [0.25, 0.3) is 0 Å². The quantitative estimate of drug-likeness (QED) is 0.577. The molecule has 2 N–H and O–H groups in total. The van der Waals surface area contributed by atoms with Gasteiger partial charge >= 0.3 is 0 Å². The third-order valence-corrected chi connectivity index (χ3v) is 5.37. The van der Waals surface area contributed by atoms with Crippen molar-refractivity contribution in [3.8, 4) is 5.75 Å². The van der Waals surface area contributed by atoms with Crippen LogP contribution in [0, 0.1) is 18.6 Å². The Morgan fingerprint density at radius 3 is 2.58 bits per heavy atom. The summed E-state index contributed by atoms with van der Waals surface area (Å²) in [5, 5.41) is 5.98. The van der Waals surface area contributed by atoms with Gasteiger partial charge in [-0.05, 0) is 36.8 Å². The average Bonchev–Trinajstić information content (AvgIpc) is 2.79. The Labute approximate surface area is 190 Å². The normalized spacial score (nSPS) is 14.1. The minimum absolute atomic E-state index is 0.107. The predicted molar refractivity (Wildman–Crippen MR) is 121 cm³/mol. The van der Waals surface area contributed by atoms with E-state index in [-0.39, 0.29) is 12.0 Å². The standard InChI is InChI=1S/C23H24F2N6O2/c1-14-20(28-15(2)32)4-3-5-21(14)29-22-26-13-27-23(30-22)31-10-8-16(9-11-31)33-17-6-7-18(24)19(25)12-17/h3-7,12-13,16H,8-11H2,1-2H3,(H,28,32)(H,26,27,29,30). The molecule has 8 nitrogen and oxygen atoms in total. The lowest BCUT2D eigenvalue weighted by atomic mass is 10.1. The molecule has 4 rings (SSSR count). The van der Waals surface area contributed by atoms with E-state index in [4.69, 9.17) is 4.74 Å². The second-order valence-corrected chi connectivity index (χ2v) is 7.77. The molecule has 0 saturated carbocycles. The monoisotopic (exact) mass is 454 g/mol. The first-order valence-electron chi connectivity index (χ1n) is 10.6. The molecule has 1 aromatic heterocycles. The Hall–Kier alpha value is -3.82. The second-order valence-electron chi connectivity index (χ2n) is 7.77. The van der Waals surface area contributed by atoms with Gasteiger partial charge in [0.05, 0.1) is 0 Å². The first-order chi connectivity index (χ1) is 15.9. The number of nitrogens with one attached hydrogen (secondary N) is 2. The van der Waals surface area contributed by atoms with Crippen molar-refractivity contribution in [2.75, 3.05) is 28.6 Å². The largest absolute Gasteiger partial charge is 0.490 e. The molecule has 3 aromatic rings. The van der Waals surface area contributed by atoms with Crippen LogP contribution in [0.15, 0.2) is 42.7 Å². The van der Waals surface area contributed by atoms with Crippen molar-refractivity contribution < 1.29 is 18.3 Å². The number of rotatable bonds is 6. The summed E-state index contributed by atoms with van der Waals surface area (Å²) in [6.07, 6.45) is 2.71. The molecule has 33 heavy (non-hydrogen) atoms. The smallest absolute Gasteiger partial charge is 0.232 e. The SMILES string of the molecule is CC(=O)Nc1cccc(Nc2ncnc(N3CCC(Oc4ccc(F)c(F)c4)CC3)n2)c1C. The summed E-state index contributed by atoms with van der Waals surface area (Å²) in [6.45, 7) is 4.65. The number of hydrogen-bond acceptors (Lipinski definition) is 7. The molecule has 1 fully saturated rings. The number of ether oxygens (including phenoxy) is 1. The van der Waals surface area contributed by atoms with Crippen LogP contribution in [0.4, 0.5) is 32.1 Å². The summed E-state index contributed by atoms with van der Waals surface area (Å²) in [5.74, 6) is -0.718. The van der Waals surface area contributed by atoms with Gasteiger partial charge in [-0.2, -0.15) is 4.98 Å². The third-order valence-electron chi connectivity index (χ3n) is 5.37. The van der Waals surface area contributed by atoms with Crippen molar-refractivity contribution >= 4 is 29.2 Å². The van der Waals surface area contributed by atoms with E-state index in [1.807, 2.05) is 30.0 Å². The summed E-state index contributed by atoms with van der Waals surface area (Å²) in [5.41, 5.74) is 2.35. The number of aromatic nitrogens is 3. The summed E-state index contributed by atoms with van der Waals surface area (Å²) < 4.78 is 32.3. The molecular formula is C23H24F2N6O2. The van der Waals surface area contributed by atoms with Gasteiger partial charge in [0, 0.05) is 50.3 Å². The highest BCUT2D eigenvalue weighted by molar-refractivity contribution is 5.90. The van der Waals surface area contributed by atoms with E-state index in [1.54, 1.807) is 0 Å². The van der Waals surface area contributed by atoms with Gasteiger partial charge in [0.1, 0.15) is 18.2 Å². The highest BCUT2D eigenvalue weighted by atomic mass is 19.2. The van der Waals surface area contributed by atoms with Crippen LogP contribution in [0.5, 0.6) is 5.75 Å². The molecule has 0 aliphatic carbocycles. The predicted octanol–water partition coefficient (Wildman–Crippen LogP) is 4.21. The van der Waals surface area contributed by atoms with Crippen LogP contribution in [0.3, 0.4) is 0 Å². The highest BCUT2D eigenvalue weighted by Gasteiger charge is 2.23. The van der Waals surface area contributed by atoms with E-state index in [0.717, 1.165) is 23.4 Å². The van der Waals surface area contributed by atoms with E-state index in [0.29, 0.717) is 49.3 Å². The second kappa shape index (κ2) is 9.76. The van der Waals surface area contributed by atoms with Gasteiger partial charge < -0.3 is 20.3 Å². The van der Waals surface area contributed by atoms with E-state index in [1.165, 1.54) is 19.3 Å². The van der Waals surface area contributed by atoms with Crippen LogP contribution in [-0.4, -0.2) is 40.1 Å². The van der Waals surface area contributed by atoms with Crippen molar-refractivity contribution in [3.05, 3.63) is 59.9 Å². The molecule has 1 amide bonds. The zero-order valence-corrected chi connectivity index (χ0v) is 18.3. The number of hydrogen-bond donors (Lipinski definition) is 2. The minimum atomic E-state index is -0.923. The first-order valence-corrected chi connectivity index (χ1v) is 10.6. The number of benzene rings is 2. The summed E-state index contributed by atoms with van der Waals surface area (Å²) >= 11 is 0. The first kappa shape index (κ1) is 22.4. The average molecular weight is 454 g/mol. The van der Waals surface area contributed by atoms with Gasteiger partial charge in [-0.15, -0.1) is 0 Å². The fraction of sp³-hybridized carbons (Fsp3) is 0.304. The molecule has 1 saturated heterocycles. The zero-order chi connectivity index (χ0) is 23.4. The summed E-state index contributed by atoms with van der Waals surface area (Å²) in [4.78, 5) is 26.4. The number of halogens is 2. The lowest BCUT2D eigenvalue weighted by Crippen LogP contribution is -2.39. The van der Waals surface area contributed by atoms with Crippen molar-refractivity contribution in [2.45, 2.75) is 32.8 Å². The van der Waals surface area contributed by atoms with Crippen LogP contribution >= 0.6 is 0 Å². The van der Waals surface area contributed by atoms with Gasteiger partial charge in [-0.25, -0.2) is 18.7 Å². The molecule has 0 spiro atoms. The fourth-order valence-corrected chi connectivity index (χ4v) is 3.63. The van der Waals surface area contributed by atoms with Gasteiger partial charge in [-0.1, -0.05) is 6.07 Å². The topological polar surface area (TPSA) is 92.3 Å². The third kappa shape index (κ3) is 5.51. The molecule has 0 radical (unpaired) electrons. The van der Waals surface area contributed by atoms with Crippen LogP contribution in [0.1, 0.15) is 25.3 Å². The number of nitrogens with zero attached hydrogens (tertiary/aromatic N) is 4. The number of carbonyl (C=O) groups excluding carboxylic acids is 1. The lowest BCUT2D eigenvalue weighted by molar-refractivity contribution is -0.114. The number of anilines is 4. The van der Waals surface area contributed by atoms with Crippen molar-refractivity contribution in [3.63, 3.8) is 0 Å². The zero-order valence-electron chi connectivity index (χ0n) is 18.3. The number of piperidine rings is 1. The summed E-state index contributed by atoms with van der Waals surface area (Å²) in [6, 6.07) is 9.10. The fourth-order valence-electron chi connectivity index (χ4n) is 3.63. The van der Waals surface area contributed by atoms with Gasteiger partial charge in [0.15, 0.2) is 11.6 Å². The lowest BCUT2D eigenvalue weighted by Gasteiger charge is -2.32. The van der Waals surface area contributed by atoms with Gasteiger partial charge in [-0.3, -0.25) is 4.79 Å². The molecule has 2 aromatic carbocycles. The van der Waals surface area contributed by atoms with E-state index in [2.05, 4.69) is 25.6 Å². The molecule has 0 atom stereocenters. The van der Waals surface area contributed by atoms with Crippen molar-refractivity contribution in [2.24, 2.45) is 0 Å². The van der Waals surface area contributed by atoms with Crippen LogP contribution in [-0.2, 0) is 4.79 Å². The van der Waals surface area contributed by atoms with E-state index in [9.17, 15) is 13.6 Å². The molecule has 1 aliphatic rings. The Balaban J connectivity index is 1.39. The number of carbonyl (C=O) groups is 1. The maximum atomic E-state index is 13.4. The van der Waals surface area contributed by atoms with Crippen molar-refractivity contribution in [1.29, 1.82) is 0 Å². The molecule has 172 valence electrons. The molecule has 0 unspecified atom stereocenters. The minimum Gasteiger partial charge on any atom is -0.490 e. The Kier molecular flexibility index (Phi) is 6.62. The maximum Gasteiger partial charge on any atom is 0.232 e. The summed E-state index contributed by atoms with van der Waals surface area (Å²) in [7, 11) is 0. The van der Waals surface area contributed by atoms with E-state index >= 15 is 0 Å². The van der Waals surface area contributed by atoms with Crippen molar-refractivity contribution in [1.82, 2.24) is 15.0 Å². The number of amides is 1. The highest BCUT2D eigenvalue weighted by Crippen LogP contribution is 2.26. The van der Waals surface area contributed by atoms with Gasteiger partial charge in [0.2, 0.25) is 17.8 Å². The van der Waals surface area contributed by atoms with Crippen LogP contribution < -0.4 is 20.3 Å². The molecular weight excluding hydrogens is 430 g/mol. The van der Waals surface area contributed by atoms with E-state index < -0.39 is 11.6 Å².